The first kappa shape index (κ1) is 14.2. The Balaban J connectivity index is 1.66. The maximum Gasteiger partial charge on any atom is 0.247 e. The van der Waals surface area contributed by atoms with Gasteiger partial charge in [-0.2, -0.15) is 0 Å². The molecule has 6 heteroatoms. The fraction of sp³-hybridized carbons (Fsp3) is 0.467. The molecule has 1 fully saturated rings. The Bertz CT molecular complexity index is 584. The zero-order chi connectivity index (χ0) is 14.7. The van der Waals surface area contributed by atoms with E-state index in [0.717, 1.165) is 31.6 Å². The van der Waals surface area contributed by atoms with E-state index in [1.807, 2.05) is 0 Å². The molecule has 1 unspecified atom stereocenters. The lowest BCUT2D eigenvalue weighted by Gasteiger charge is -2.30. The van der Waals surface area contributed by atoms with Gasteiger partial charge in [-0.05, 0) is 56.1 Å². The molecule has 112 valence electrons. The smallest absolute Gasteiger partial charge is 0.247 e. The van der Waals surface area contributed by atoms with E-state index in [2.05, 4.69) is 15.1 Å². The molecular weight excluding hydrogens is 271 g/mol. The van der Waals surface area contributed by atoms with Gasteiger partial charge < -0.3 is 10.2 Å². The normalized spacial score (nSPS) is 19.8. The highest BCUT2D eigenvalue weighted by Gasteiger charge is 2.20. The van der Waals surface area contributed by atoms with E-state index in [1.165, 1.54) is 18.6 Å². The first-order valence-corrected chi connectivity index (χ1v) is 7.25. The van der Waals surface area contributed by atoms with Crippen molar-refractivity contribution in [2.45, 2.75) is 19.4 Å². The van der Waals surface area contributed by atoms with Crippen molar-refractivity contribution in [3.63, 3.8) is 0 Å². The Morgan fingerprint density at radius 3 is 2.86 bits per heavy atom. The number of aromatic nitrogens is 2. The zero-order valence-corrected chi connectivity index (χ0v) is 11.8. The summed E-state index contributed by atoms with van der Waals surface area (Å²) in [6.07, 6.45) is 2.35. The van der Waals surface area contributed by atoms with Crippen LogP contribution in [-0.4, -0.2) is 34.7 Å². The lowest BCUT2D eigenvalue weighted by molar-refractivity contribution is 0.158. The summed E-state index contributed by atoms with van der Waals surface area (Å²) in [6, 6.07) is 6.04. The highest BCUT2D eigenvalue weighted by atomic mass is 19.1. The summed E-state index contributed by atoms with van der Waals surface area (Å²) in [4.78, 5) is 2.29. The van der Waals surface area contributed by atoms with Crippen LogP contribution in [0, 0.1) is 11.7 Å². The van der Waals surface area contributed by atoms with Gasteiger partial charge in [-0.25, -0.2) is 4.39 Å². The van der Waals surface area contributed by atoms with Gasteiger partial charge in [-0.1, -0.05) is 0 Å². The van der Waals surface area contributed by atoms with Crippen molar-refractivity contribution >= 4 is 0 Å². The van der Waals surface area contributed by atoms with Crippen molar-refractivity contribution in [1.82, 2.24) is 15.1 Å². The largest absolute Gasteiger partial charge is 0.419 e. The number of benzene rings is 1. The molecule has 21 heavy (non-hydrogen) atoms. The Labute approximate surface area is 123 Å². The van der Waals surface area contributed by atoms with Crippen LogP contribution in [0.5, 0.6) is 0 Å². The second-order valence-corrected chi connectivity index (χ2v) is 5.49. The molecule has 0 aliphatic carbocycles. The third-order valence-corrected chi connectivity index (χ3v) is 3.85. The molecule has 2 heterocycles. The lowest BCUT2D eigenvalue weighted by atomic mass is 9.98. The van der Waals surface area contributed by atoms with Gasteiger partial charge >= 0.3 is 0 Å². The molecule has 0 radical (unpaired) electrons. The van der Waals surface area contributed by atoms with Crippen LogP contribution in [0.3, 0.4) is 0 Å². The molecule has 1 aromatic heterocycles. The molecule has 1 saturated heterocycles. The van der Waals surface area contributed by atoms with Crippen LogP contribution in [0.2, 0.25) is 0 Å². The molecule has 0 bridgehead atoms. The van der Waals surface area contributed by atoms with Gasteiger partial charge in [-0.15, -0.1) is 10.2 Å². The molecule has 0 spiro atoms. The number of likely N-dealkylation sites (tertiary alicyclic amines) is 1. The molecule has 0 amide bonds. The minimum atomic E-state index is -0.278. The SMILES string of the molecule is NCC1CCCN(Cc2nnc(-c3ccc(F)cc3)o2)C1. The predicted octanol–water partition coefficient (Wildman–Crippen LogP) is 2.05. The summed E-state index contributed by atoms with van der Waals surface area (Å²) < 4.78 is 18.6. The van der Waals surface area contributed by atoms with Crippen LogP contribution < -0.4 is 5.73 Å². The topological polar surface area (TPSA) is 68.2 Å². The van der Waals surface area contributed by atoms with E-state index in [1.54, 1.807) is 12.1 Å². The van der Waals surface area contributed by atoms with E-state index in [-0.39, 0.29) is 5.82 Å². The highest BCUT2D eigenvalue weighted by molar-refractivity contribution is 5.51. The van der Waals surface area contributed by atoms with Crippen LogP contribution in [0.25, 0.3) is 11.5 Å². The third kappa shape index (κ3) is 3.46. The van der Waals surface area contributed by atoms with Gasteiger partial charge in [0.15, 0.2) is 0 Å². The summed E-state index contributed by atoms with van der Waals surface area (Å²) in [5.41, 5.74) is 6.47. The van der Waals surface area contributed by atoms with E-state index >= 15 is 0 Å². The Morgan fingerprint density at radius 2 is 2.10 bits per heavy atom. The third-order valence-electron chi connectivity index (χ3n) is 3.85. The summed E-state index contributed by atoms with van der Waals surface area (Å²) in [5.74, 6) is 1.29. The molecule has 1 aliphatic heterocycles. The minimum absolute atomic E-state index is 0.278. The molecule has 2 N–H and O–H groups in total. The van der Waals surface area contributed by atoms with Gasteiger partial charge in [-0.3, -0.25) is 4.90 Å². The van der Waals surface area contributed by atoms with Crippen LogP contribution in [0.4, 0.5) is 4.39 Å². The summed E-state index contributed by atoms with van der Waals surface area (Å²) >= 11 is 0. The number of hydrogen-bond acceptors (Lipinski definition) is 5. The van der Waals surface area contributed by atoms with Gasteiger partial charge in [0.1, 0.15) is 5.82 Å². The van der Waals surface area contributed by atoms with Crippen molar-refractivity contribution in [2.75, 3.05) is 19.6 Å². The van der Waals surface area contributed by atoms with E-state index in [0.29, 0.717) is 24.2 Å². The Morgan fingerprint density at radius 1 is 1.29 bits per heavy atom. The first-order valence-electron chi connectivity index (χ1n) is 7.25. The number of halogens is 1. The van der Waals surface area contributed by atoms with Crippen LogP contribution in [0.15, 0.2) is 28.7 Å². The van der Waals surface area contributed by atoms with Crippen molar-refractivity contribution in [3.05, 3.63) is 36.0 Å². The molecule has 1 atom stereocenters. The van der Waals surface area contributed by atoms with Crippen molar-refractivity contribution in [2.24, 2.45) is 11.7 Å². The summed E-state index contributed by atoms with van der Waals surface area (Å²) in [6.45, 7) is 3.38. The molecule has 2 aromatic rings. The van der Waals surface area contributed by atoms with Crippen LogP contribution in [0.1, 0.15) is 18.7 Å². The maximum absolute atomic E-state index is 12.9. The van der Waals surface area contributed by atoms with E-state index in [9.17, 15) is 4.39 Å². The first-order chi connectivity index (χ1) is 10.2. The maximum atomic E-state index is 12.9. The lowest BCUT2D eigenvalue weighted by Crippen LogP contribution is -2.37. The zero-order valence-electron chi connectivity index (χ0n) is 11.8. The number of nitrogens with zero attached hydrogens (tertiary/aromatic N) is 3. The average molecular weight is 290 g/mol. The van der Waals surface area contributed by atoms with Gasteiger partial charge in [0.25, 0.3) is 0 Å². The molecule has 5 nitrogen and oxygen atoms in total. The van der Waals surface area contributed by atoms with E-state index in [4.69, 9.17) is 10.2 Å². The molecule has 0 saturated carbocycles. The van der Waals surface area contributed by atoms with Crippen molar-refractivity contribution in [1.29, 1.82) is 0 Å². The quantitative estimate of drug-likeness (QED) is 0.933. The average Bonchev–Trinajstić information content (AvgIpc) is 2.96. The molecule has 3 rings (SSSR count). The van der Waals surface area contributed by atoms with Gasteiger partial charge in [0.2, 0.25) is 11.8 Å². The predicted molar refractivity (Wildman–Crippen MR) is 76.7 cm³/mol. The molecule has 1 aromatic carbocycles. The highest BCUT2D eigenvalue weighted by Crippen LogP contribution is 2.21. The standard InChI is InChI=1S/C15H19FN4O/c16-13-5-3-12(4-6-13)15-19-18-14(21-15)10-20-7-1-2-11(8-17)9-20/h3-6,11H,1-2,7-10,17H2. The fourth-order valence-corrected chi connectivity index (χ4v) is 2.71. The summed E-state index contributed by atoms with van der Waals surface area (Å²) in [5, 5.41) is 8.11. The second-order valence-electron chi connectivity index (χ2n) is 5.49. The van der Waals surface area contributed by atoms with E-state index < -0.39 is 0 Å². The molecule has 1 aliphatic rings. The molecular formula is C15H19FN4O. The number of rotatable bonds is 4. The minimum Gasteiger partial charge on any atom is -0.419 e. The van der Waals surface area contributed by atoms with Crippen LogP contribution in [-0.2, 0) is 6.54 Å². The Hall–Kier alpha value is -1.79. The monoisotopic (exact) mass is 290 g/mol. The summed E-state index contributed by atoms with van der Waals surface area (Å²) in [7, 11) is 0. The second kappa shape index (κ2) is 6.32. The van der Waals surface area contributed by atoms with Gasteiger partial charge in [0, 0.05) is 12.1 Å². The number of hydrogen-bond donors (Lipinski definition) is 1. The van der Waals surface area contributed by atoms with Gasteiger partial charge in [0.05, 0.1) is 6.54 Å². The van der Waals surface area contributed by atoms with Crippen molar-refractivity contribution < 1.29 is 8.81 Å². The van der Waals surface area contributed by atoms with Crippen molar-refractivity contribution in [3.8, 4) is 11.5 Å². The fourth-order valence-electron chi connectivity index (χ4n) is 2.71. The Kier molecular flexibility index (Phi) is 4.26. The van der Waals surface area contributed by atoms with Crippen LogP contribution >= 0.6 is 0 Å². The number of nitrogens with two attached hydrogens (primary N) is 1. The number of piperidine rings is 1.